The third-order valence-electron chi connectivity index (χ3n) is 18.4. The van der Waals surface area contributed by atoms with E-state index < -0.39 is 40.3 Å². The average molecular weight is 788 g/mol. The number of carbonyl (C=O) groups is 3. The van der Waals surface area contributed by atoms with Gasteiger partial charge in [0.05, 0.1) is 23.0 Å². The zero-order chi connectivity index (χ0) is 41.5. The molecule has 6 aliphatic carbocycles. The Bertz CT molecular complexity index is 1890. The van der Waals surface area contributed by atoms with Crippen LogP contribution in [0.25, 0.3) is 0 Å². The summed E-state index contributed by atoms with van der Waals surface area (Å²) in [5.74, 6) is 0.818. The summed E-state index contributed by atoms with van der Waals surface area (Å²) < 4.78 is 13.0. The number of ether oxygens (including phenoxy) is 2. The number of hydrogen-bond donors (Lipinski definition) is 2. The number of aryl methyl sites for hydroxylation is 1. The van der Waals surface area contributed by atoms with Crippen LogP contribution in [0.2, 0.25) is 0 Å². The van der Waals surface area contributed by atoms with Gasteiger partial charge in [-0.05, 0) is 142 Å². The van der Waals surface area contributed by atoms with Crippen LogP contribution >= 0.6 is 0 Å². The third-order valence-corrected chi connectivity index (χ3v) is 18.4. The van der Waals surface area contributed by atoms with Crippen molar-refractivity contribution in [2.75, 3.05) is 6.54 Å². The minimum absolute atomic E-state index is 0.0226. The Hall–Kier alpha value is -2.69. The van der Waals surface area contributed by atoms with E-state index in [0.717, 1.165) is 81.2 Å². The number of carboxylic acid groups (broad SMARTS) is 1. The Morgan fingerprint density at radius 1 is 1.00 bits per heavy atom. The number of aliphatic hydroxyl groups is 1. The maximum atomic E-state index is 14.4. The molecule has 5 saturated carbocycles. The lowest BCUT2D eigenvalue weighted by atomic mass is 9.36. The SMILES string of the molecule is CCC1(C)C(OC(=O)CC(C)(C)C(=O)O)CCC2(C)C1CCC1(C)C(C)C(C)(C3=C(C(C)C)C(=O)CC34C[C@@]43CN(C4(c5ncc(C)cn5)CC4)C(O)O3)CCC12. The van der Waals surface area contributed by atoms with Crippen molar-refractivity contribution in [2.24, 2.45) is 56.2 Å². The summed E-state index contributed by atoms with van der Waals surface area (Å²) in [4.78, 5) is 51.0. The second-order valence-electron chi connectivity index (χ2n) is 22.1. The van der Waals surface area contributed by atoms with Gasteiger partial charge in [0.25, 0.3) is 0 Å². The number of rotatable bonds is 9. The van der Waals surface area contributed by atoms with Gasteiger partial charge in [0, 0.05) is 36.2 Å². The minimum atomic E-state index is -1.17. The van der Waals surface area contributed by atoms with Gasteiger partial charge in [-0.1, -0.05) is 55.4 Å². The molecule has 10 nitrogen and oxygen atoms in total. The van der Waals surface area contributed by atoms with E-state index in [-0.39, 0.29) is 45.9 Å². The molecule has 57 heavy (non-hydrogen) atoms. The molecule has 1 saturated heterocycles. The van der Waals surface area contributed by atoms with Crippen LogP contribution in [0, 0.1) is 63.1 Å². The number of ketones is 1. The molecule has 0 amide bonds. The number of fused-ring (bicyclic) bond motifs is 4. The standard InChI is InChI=1S/C47H69N3O7/c1-12-41(8)31-13-16-42(9)29(5)43(10,17-14-32(42)44(31,11)18-15-33(41)56-34(52)22-40(6,7)38(53)54)36-35(27(2)3)30(51)21-45(36)25-47(45)26-50(39(55)57-47)46(19-20-46)37-48-23-28(4)24-49-37/h23-24,27,29,31-33,39,55H,12-22,25-26H2,1-11H3,(H,53,54)/t29?,31?,32?,33?,39?,41?,42?,43?,44?,45?,47-/m1/s1. The molecule has 0 radical (unpaired) electrons. The quantitative estimate of drug-likeness (QED) is 0.234. The first-order valence-corrected chi connectivity index (χ1v) is 22.1. The molecule has 1 aromatic rings. The maximum absolute atomic E-state index is 14.4. The lowest BCUT2D eigenvalue weighted by Crippen LogP contribution is -2.63. The Balaban J connectivity index is 1.08. The van der Waals surface area contributed by atoms with Crippen LogP contribution in [-0.2, 0) is 29.4 Å². The predicted octanol–water partition coefficient (Wildman–Crippen LogP) is 8.53. The Morgan fingerprint density at radius 3 is 2.23 bits per heavy atom. The molecule has 10 heteroatoms. The molecule has 10 unspecified atom stereocenters. The monoisotopic (exact) mass is 788 g/mol. The lowest BCUT2D eigenvalue weighted by molar-refractivity contribution is -0.221. The molecule has 11 atom stereocenters. The summed E-state index contributed by atoms with van der Waals surface area (Å²) in [6.45, 7) is 24.7. The molecule has 8 rings (SSSR count). The van der Waals surface area contributed by atoms with E-state index in [1.165, 1.54) is 5.57 Å². The number of nitrogens with zero attached hydrogens (tertiary/aromatic N) is 3. The summed E-state index contributed by atoms with van der Waals surface area (Å²) in [5, 5.41) is 21.4. The van der Waals surface area contributed by atoms with Crippen molar-refractivity contribution in [3.05, 3.63) is 34.9 Å². The van der Waals surface area contributed by atoms with Crippen molar-refractivity contribution in [3.8, 4) is 0 Å². The molecule has 0 bridgehead atoms. The third kappa shape index (κ3) is 5.60. The summed E-state index contributed by atoms with van der Waals surface area (Å²) in [6.07, 6.45) is 12.0. The number of carboxylic acids is 1. The number of aliphatic carboxylic acids is 1. The predicted molar refractivity (Wildman–Crippen MR) is 215 cm³/mol. The Kier molecular flexibility index (Phi) is 9.30. The molecule has 2 N–H and O–H groups in total. The molecule has 7 aliphatic rings. The van der Waals surface area contributed by atoms with E-state index in [1.807, 2.05) is 19.3 Å². The maximum Gasteiger partial charge on any atom is 0.309 e. The molecular formula is C47H69N3O7. The van der Waals surface area contributed by atoms with Gasteiger partial charge in [-0.2, -0.15) is 0 Å². The van der Waals surface area contributed by atoms with Crippen LogP contribution in [0.3, 0.4) is 0 Å². The molecule has 2 heterocycles. The normalized spacial score (nSPS) is 43.7. The first-order valence-electron chi connectivity index (χ1n) is 22.1. The van der Waals surface area contributed by atoms with Crippen molar-refractivity contribution >= 4 is 17.7 Å². The second kappa shape index (κ2) is 12.9. The van der Waals surface area contributed by atoms with E-state index in [1.54, 1.807) is 13.8 Å². The number of carbonyl (C=O) groups excluding carboxylic acids is 2. The average Bonchev–Trinajstić information content (AvgIpc) is 3.97. The minimum Gasteiger partial charge on any atom is -0.481 e. The van der Waals surface area contributed by atoms with Gasteiger partial charge in [-0.15, -0.1) is 0 Å². The van der Waals surface area contributed by atoms with Gasteiger partial charge < -0.3 is 19.7 Å². The van der Waals surface area contributed by atoms with Crippen molar-refractivity contribution in [1.29, 1.82) is 0 Å². The first-order chi connectivity index (χ1) is 26.5. The highest BCUT2D eigenvalue weighted by atomic mass is 16.7. The largest absolute Gasteiger partial charge is 0.481 e. The van der Waals surface area contributed by atoms with E-state index in [2.05, 4.69) is 60.3 Å². The zero-order valence-corrected chi connectivity index (χ0v) is 36.6. The number of Topliss-reactive ketones (excluding diaryl/α,β-unsaturated/α-hetero) is 1. The number of hydrogen-bond acceptors (Lipinski definition) is 9. The van der Waals surface area contributed by atoms with Gasteiger partial charge in [0.15, 0.2) is 5.78 Å². The van der Waals surface area contributed by atoms with Crippen molar-refractivity contribution in [1.82, 2.24) is 14.9 Å². The number of aliphatic hydroxyl groups excluding tert-OH is 1. The number of aromatic nitrogens is 2. The van der Waals surface area contributed by atoms with Crippen molar-refractivity contribution in [3.63, 3.8) is 0 Å². The highest BCUT2D eigenvalue weighted by Gasteiger charge is 2.81. The Labute approximate surface area is 340 Å². The summed E-state index contributed by atoms with van der Waals surface area (Å²) in [5.41, 5.74) is 0.300. The number of allylic oxidation sites excluding steroid dienone is 1. The van der Waals surface area contributed by atoms with Crippen molar-refractivity contribution in [2.45, 2.75) is 177 Å². The lowest BCUT2D eigenvalue weighted by Gasteiger charge is -2.69. The number of esters is 1. The van der Waals surface area contributed by atoms with Gasteiger partial charge >= 0.3 is 11.9 Å². The first kappa shape index (κ1) is 41.1. The summed E-state index contributed by atoms with van der Waals surface area (Å²) in [6, 6.07) is 0. The highest BCUT2D eigenvalue weighted by molar-refractivity contribution is 6.02. The summed E-state index contributed by atoms with van der Waals surface area (Å²) >= 11 is 0. The van der Waals surface area contributed by atoms with Crippen LogP contribution < -0.4 is 0 Å². The van der Waals surface area contributed by atoms with E-state index in [4.69, 9.17) is 19.4 Å². The topological polar surface area (TPSA) is 139 Å². The summed E-state index contributed by atoms with van der Waals surface area (Å²) in [7, 11) is 0. The van der Waals surface area contributed by atoms with E-state index in [9.17, 15) is 24.6 Å². The van der Waals surface area contributed by atoms with Crippen LogP contribution in [0.4, 0.5) is 0 Å². The molecule has 1 aliphatic heterocycles. The van der Waals surface area contributed by atoms with Crippen LogP contribution in [0.1, 0.15) is 158 Å². The fraction of sp³-hybridized carbons (Fsp3) is 0.809. The smallest absolute Gasteiger partial charge is 0.309 e. The van der Waals surface area contributed by atoms with Gasteiger partial charge in [-0.3, -0.25) is 14.4 Å². The molecular weight excluding hydrogens is 719 g/mol. The molecule has 314 valence electrons. The second-order valence-corrected chi connectivity index (χ2v) is 22.1. The zero-order valence-electron chi connectivity index (χ0n) is 36.6. The van der Waals surface area contributed by atoms with Crippen LogP contribution in [0.15, 0.2) is 23.5 Å². The molecule has 0 aromatic carbocycles. The van der Waals surface area contributed by atoms with Crippen molar-refractivity contribution < 1.29 is 34.1 Å². The van der Waals surface area contributed by atoms with E-state index >= 15 is 0 Å². The fourth-order valence-electron chi connectivity index (χ4n) is 14.7. The van der Waals surface area contributed by atoms with Gasteiger partial charge in [0.1, 0.15) is 11.9 Å². The van der Waals surface area contributed by atoms with Crippen LogP contribution in [-0.4, -0.2) is 67.5 Å². The van der Waals surface area contributed by atoms with E-state index in [0.29, 0.717) is 30.7 Å². The molecule has 1 aromatic heterocycles. The van der Waals surface area contributed by atoms with Gasteiger partial charge in [0.2, 0.25) is 6.41 Å². The fourth-order valence-corrected chi connectivity index (χ4v) is 14.7. The molecule has 2 spiro atoms. The Morgan fingerprint density at radius 2 is 1.63 bits per heavy atom. The molecule has 6 fully saturated rings. The highest BCUT2D eigenvalue weighted by Crippen LogP contribution is 2.79. The van der Waals surface area contributed by atoms with Crippen LogP contribution in [0.5, 0.6) is 0 Å². The van der Waals surface area contributed by atoms with Gasteiger partial charge in [-0.25, -0.2) is 14.9 Å².